The Morgan fingerprint density at radius 2 is 2.15 bits per heavy atom. The fourth-order valence-corrected chi connectivity index (χ4v) is 2.15. The van der Waals surface area contributed by atoms with Gasteiger partial charge in [-0.15, -0.1) is 0 Å². The molecule has 0 aromatic heterocycles. The molecule has 1 aliphatic rings. The van der Waals surface area contributed by atoms with Crippen LogP contribution in [0.2, 0.25) is 0 Å². The molecule has 0 heterocycles. The van der Waals surface area contributed by atoms with E-state index in [1.807, 2.05) is 0 Å². The smallest absolute Gasteiger partial charge is 0.0294 e. The minimum Gasteiger partial charge on any atom is -0.0853 e. The van der Waals surface area contributed by atoms with Crippen LogP contribution in [0.1, 0.15) is 65.2 Å². The summed E-state index contributed by atoms with van der Waals surface area (Å²) in [6.07, 6.45) is 13.7. The minimum atomic E-state index is 0.960. The standard InChI is InChI=1S/C13H24/c1-3-4-5-6-7-8-13-10-9-12(2)11-13/h8,12H,3-7,9-11H2,1-2H3. The van der Waals surface area contributed by atoms with Crippen molar-refractivity contribution < 1.29 is 0 Å². The Morgan fingerprint density at radius 3 is 2.77 bits per heavy atom. The van der Waals surface area contributed by atoms with Crippen LogP contribution < -0.4 is 0 Å². The van der Waals surface area contributed by atoms with Gasteiger partial charge in [0.25, 0.3) is 0 Å². The fraction of sp³-hybridized carbons (Fsp3) is 0.846. The molecule has 1 rings (SSSR count). The molecule has 0 aliphatic heterocycles. The van der Waals surface area contributed by atoms with Crippen molar-refractivity contribution >= 4 is 0 Å². The number of hydrogen-bond acceptors (Lipinski definition) is 0. The zero-order chi connectivity index (χ0) is 9.52. The van der Waals surface area contributed by atoms with Crippen molar-refractivity contribution in [1.29, 1.82) is 0 Å². The van der Waals surface area contributed by atoms with Crippen LogP contribution in [-0.2, 0) is 0 Å². The Hall–Kier alpha value is -0.260. The lowest BCUT2D eigenvalue weighted by atomic mass is 10.1. The first kappa shape index (κ1) is 10.8. The molecule has 1 saturated carbocycles. The van der Waals surface area contributed by atoms with Crippen LogP contribution in [0.15, 0.2) is 11.6 Å². The van der Waals surface area contributed by atoms with Gasteiger partial charge in [-0.2, -0.15) is 0 Å². The predicted octanol–water partition coefficient (Wildman–Crippen LogP) is 4.70. The van der Waals surface area contributed by atoms with Crippen molar-refractivity contribution in [2.75, 3.05) is 0 Å². The molecule has 0 amide bonds. The van der Waals surface area contributed by atoms with Crippen LogP contribution in [0, 0.1) is 5.92 Å². The van der Waals surface area contributed by atoms with Crippen LogP contribution in [0.4, 0.5) is 0 Å². The van der Waals surface area contributed by atoms with Crippen LogP contribution in [-0.4, -0.2) is 0 Å². The Morgan fingerprint density at radius 1 is 1.31 bits per heavy atom. The van der Waals surface area contributed by atoms with E-state index in [1.165, 1.54) is 51.4 Å². The van der Waals surface area contributed by atoms with E-state index >= 15 is 0 Å². The van der Waals surface area contributed by atoms with Gasteiger partial charge in [0, 0.05) is 0 Å². The van der Waals surface area contributed by atoms with E-state index in [0.29, 0.717) is 0 Å². The van der Waals surface area contributed by atoms with E-state index in [4.69, 9.17) is 0 Å². The third-order valence-electron chi connectivity index (χ3n) is 3.06. The van der Waals surface area contributed by atoms with Gasteiger partial charge in [-0.1, -0.05) is 44.8 Å². The average Bonchev–Trinajstić information content (AvgIpc) is 2.51. The fourth-order valence-electron chi connectivity index (χ4n) is 2.15. The van der Waals surface area contributed by atoms with Gasteiger partial charge < -0.3 is 0 Å². The maximum atomic E-state index is 2.51. The Bertz CT molecular complexity index is 155. The molecular weight excluding hydrogens is 156 g/mol. The molecule has 0 heteroatoms. The third-order valence-corrected chi connectivity index (χ3v) is 3.06. The molecule has 0 aromatic rings. The predicted molar refractivity (Wildman–Crippen MR) is 59.9 cm³/mol. The lowest BCUT2D eigenvalue weighted by molar-refractivity contribution is 0.619. The summed E-state index contributed by atoms with van der Waals surface area (Å²) in [5.41, 5.74) is 1.74. The summed E-state index contributed by atoms with van der Waals surface area (Å²) >= 11 is 0. The van der Waals surface area contributed by atoms with Gasteiger partial charge >= 0.3 is 0 Å². The van der Waals surface area contributed by atoms with E-state index in [2.05, 4.69) is 19.9 Å². The zero-order valence-electron chi connectivity index (χ0n) is 9.31. The van der Waals surface area contributed by atoms with Crippen molar-refractivity contribution in [3.63, 3.8) is 0 Å². The van der Waals surface area contributed by atoms with E-state index in [1.54, 1.807) is 5.57 Å². The van der Waals surface area contributed by atoms with Crippen LogP contribution in [0.3, 0.4) is 0 Å². The molecule has 0 nitrogen and oxygen atoms in total. The second kappa shape index (κ2) is 6.23. The van der Waals surface area contributed by atoms with Gasteiger partial charge in [0.2, 0.25) is 0 Å². The first-order valence-electron chi connectivity index (χ1n) is 6.00. The molecule has 76 valence electrons. The van der Waals surface area contributed by atoms with E-state index in [0.717, 1.165) is 5.92 Å². The van der Waals surface area contributed by atoms with E-state index in [-0.39, 0.29) is 0 Å². The Labute approximate surface area is 83.4 Å². The van der Waals surface area contributed by atoms with Crippen molar-refractivity contribution in [1.82, 2.24) is 0 Å². The highest BCUT2D eigenvalue weighted by Gasteiger charge is 2.13. The highest BCUT2D eigenvalue weighted by molar-refractivity contribution is 5.07. The molecule has 1 aliphatic carbocycles. The third kappa shape index (κ3) is 4.50. The van der Waals surface area contributed by atoms with Crippen molar-refractivity contribution in [3.05, 3.63) is 11.6 Å². The van der Waals surface area contributed by atoms with Gasteiger partial charge in [-0.25, -0.2) is 0 Å². The van der Waals surface area contributed by atoms with Gasteiger partial charge in [0.1, 0.15) is 0 Å². The average molecular weight is 180 g/mol. The monoisotopic (exact) mass is 180 g/mol. The molecule has 0 radical (unpaired) electrons. The van der Waals surface area contributed by atoms with E-state index < -0.39 is 0 Å². The van der Waals surface area contributed by atoms with Gasteiger partial charge in [-0.3, -0.25) is 0 Å². The molecule has 0 bridgehead atoms. The summed E-state index contributed by atoms with van der Waals surface area (Å²) in [6.45, 7) is 4.65. The number of hydrogen-bond donors (Lipinski definition) is 0. The summed E-state index contributed by atoms with van der Waals surface area (Å²) in [7, 11) is 0. The van der Waals surface area contributed by atoms with Crippen molar-refractivity contribution in [2.24, 2.45) is 5.92 Å². The first-order valence-corrected chi connectivity index (χ1v) is 6.00. The lowest BCUT2D eigenvalue weighted by Gasteiger charge is -1.98. The van der Waals surface area contributed by atoms with Gasteiger partial charge in [0.15, 0.2) is 0 Å². The topological polar surface area (TPSA) is 0 Å². The van der Waals surface area contributed by atoms with Gasteiger partial charge in [0.05, 0.1) is 0 Å². The summed E-state index contributed by atoms with van der Waals surface area (Å²) in [5, 5.41) is 0. The van der Waals surface area contributed by atoms with Gasteiger partial charge in [-0.05, 0) is 38.0 Å². The van der Waals surface area contributed by atoms with E-state index in [9.17, 15) is 0 Å². The summed E-state index contributed by atoms with van der Waals surface area (Å²) in [4.78, 5) is 0. The number of allylic oxidation sites excluding steroid dienone is 2. The normalized spacial score (nSPS) is 25.7. The molecule has 1 unspecified atom stereocenters. The molecule has 0 spiro atoms. The second-order valence-electron chi connectivity index (χ2n) is 4.56. The molecule has 0 N–H and O–H groups in total. The van der Waals surface area contributed by atoms with Crippen molar-refractivity contribution in [3.8, 4) is 0 Å². The number of unbranched alkanes of at least 4 members (excludes halogenated alkanes) is 4. The molecular formula is C13H24. The highest BCUT2D eigenvalue weighted by Crippen LogP contribution is 2.29. The second-order valence-corrected chi connectivity index (χ2v) is 4.56. The maximum absolute atomic E-state index is 2.51. The highest BCUT2D eigenvalue weighted by atomic mass is 14.2. The Kier molecular flexibility index (Phi) is 5.19. The van der Waals surface area contributed by atoms with Crippen LogP contribution in [0.25, 0.3) is 0 Å². The largest absolute Gasteiger partial charge is 0.0853 e. The van der Waals surface area contributed by atoms with Crippen molar-refractivity contribution in [2.45, 2.75) is 65.2 Å². The van der Waals surface area contributed by atoms with Crippen LogP contribution >= 0.6 is 0 Å². The van der Waals surface area contributed by atoms with Crippen LogP contribution in [0.5, 0.6) is 0 Å². The minimum absolute atomic E-state index is 0.960. The summed E-state index contributed by atoms with van der Waals surface area (Å²) in [5.74, 6) is 0.960. The first-order chi connectivity index (χ1) is 6.33. The molecule has 0 aromatic carbocycles. The molecule has 0 saturated heterocycles. The number of rotatable bonds is 5. The Balaban J connectivity index is 2.03. The maximum Gasteiger partial charge on any atom is -0.0294 e. The quantitative estimate of drug-likeness (QED) is 0.425. The zero-order valence-corrected chi connectivity index (χ0v) is 9.31. The molecule has 1 fully saturated rings. The lowest BCUT2D eigenvalue weighted by Crippen LogP contribution is -1.81. The molecule has 13 heavy (non-hydrogen) atoms. The molecule has 1 atom stereocenters. The SMILES string of the molecule is CCCCCCC=C1CCC(C)C1. The summed E-state index contributed by atoms with van der Waals surface area (Å²) in [6, 6.07) is 0. The summed E-state index contributed by atoms with van der Waals surface area (Å²) < 4.78 is 0.